The van der Waals surface area contributed by atoms with E-state index in [2.05, 4.69) is 15.1 Å². The highest BCUT2D eigenvalue weighted by atomic mass is 35.5. The second-order valence-corrected chi connectivity index (χ2v) is 10.7. The van der Waals surface area contributed by atoms with Crippen molar-refractivity contribution in [2.45, 2.75) is 26.3 Å². The van der Waals surface area contributed by atoms with Crippen LogP contribution in [0, 0.1) is 6.92 Å². The van der Waals surface area contributed by atoms with Crippen molar-refractivity contribution in [1.29, 1.82) is 0 Å². The molecule has 41 heavy (non-hydrogen) atoms. The maximum absolute atomic E-state index is 13.8. The molecule has 0 saturated carbocycles. The van der Waals surface area contributed by atoms with E-state index >= 15 is 0 Å². The smallest absolute Gasteiger partial charge is 0.255 e. The minimum Gasteiger partial charge on any atom is -0.353 e. The molecular formula is C33H34ClN5O2. The number of benzene rings is 3. The Morgan fingerprint density at radius 1 is 0.854 bits per heavy atom. The zero-order chi connectivity index (χ0) is 28.8. The molecule has 7 nitrogen and oxygen atoms in total. The van der Waals surface area contributed by atoms with Gasteiger partial charge in [0.05, 0.1) is 16.8 Å². The van der Waals surface area contributed by atoms with E-state index < -0.39 is 0 Å². The van der Waals surface area contributed by atoms with Crippen LogP contribution in [0.15, 0.2) is 91.0 Å². The quantitative estimate of drug-likeness (QED) is 0.272. The number of halogens is 1. The Morgan fingerprint density at radius 3 is 2.32 bits per heavy atom. The number of amides is 2. The maximum atomic E-state index is 13.8. The summed E-state index contributed by atoms with van der Waals surface area (Å²) in [4.78, 5) is 33.2. The van der Waals surface area contributed by atoms with E-state index in [9.17, 15) is 9.59 Å². The van der Waals surface area contributed by atoms with Gasteiger partial charge in [0.2, 0.25) is 5.91 Å². The number of aromatic nitrogens is 2. The van der Waals surface area contributed by atoms with Crippen molar-refractivity contribution in [3.63, 3.8) is 0 Å². The van der Waals surface area contributed by atoms with E-state index in [1.807, 2.05) is 110 Å². The van der Waals surface area contributed by atoms with E-state index in [-0.39, 0.29) is 24.4 Å². The number of rotatable bonds is 7. The van der Waals surface area contributed by atoms with E-state index in [4.69, 9.17) is 11.6 Å². The molecule has 210 valence electrons. The van der Waals surface area contributed by atoms with Crippen molar-refractivity contribution < 1.29 is 9.59 Å². The predicted molar refractivity (Wildman–Crippen MR) is 163 cm³/mol. The van der Waals surface area contributed by atoms with Gasteiger partial charge in [0.1, 0.15) is 6.54 Å². The minimum absolute atomic E-state index is 0.00949. The van der Waals surface area contributed by atoms with Crippen molar-refractivity contribution in [1.82, 2.24) is 20.0 Å². The lowest BCUT2D eigenvalue weighted by Crippen LogP contribution is -2.45. The third kappa shape index (κ3) is 6.57. The lowest BCUT2D eigenvalue weighted by Gasteiger charge is -2.32. The first-order valence-corrected chi connectivity index (χ1v) is 14.3. The summed E-state index contributed by atoms with van der Waals surface area (Å²) in [6.07, 6.45) is 0.791. The zero-order valence-corrected chi connectivity index (χ0v) is 24.2. The highest BCUT2D eigenvalue weighted by Gasteiger charge is 2.29. The normalized spacial score (nSPS) is 14.3. The number of carbonyl (C=O) groups is 2. The highest BCUT2D eigenvalue weighted by molar-refractivity contribution is 6.33. The summed E-state index contributed by atoms with van der Waals surface area (Å²) in [6, 6.07) is 28.6. The Kier molecular flexibility index (Phi) is 8.95. The Labute approximate surface area is 246 Å². The lowest BCUT2D eigenvalue weighted by atomic mass is 10.0. The second kappa shape index (κ2) is 13.0. The fraction of sp³-hybridized carbons (Fsp3) is 0.273. The fourth-order valence-corrected chi connectivity index (χ4v) is 5.44. The predicted octanol–water partition coefficient (Wildman–Crippen LogP) is 6.05. The summed E-state index contributed by atoms with van der Waals surface area (Å²) in [7, 11) is 0. The van der Waals surface area contributed by atoms with Crippen LogP contribution < -0.4 is 4.90 Å². The van der Waals surface area contributed by atoms with Crippen molar-refractivity contribution in [2.24, 2.45) is 0 Å². The van der Waals surface area contributed by atoms with Crippen LogP contribution in [0.25, 0.3) is 11.3 Å². The van der Waals surface area contributed by atoms with Gasteiger partial charge < -0.3 is 14.7 Å². The molecule has 1 atom stereocenters. The molecule has 1 aliphatic rings. The molecule has 0 aliphatic carbocycles. The molecule has 1 aromatic heterocycles. The molecule has 0 bridgehead atoms. The molecule has 1 saturated heterocycles. The average Bonchev–Trinajstić information content (AvgIpc) is 3.27. The summed E-state index contributed by atoms with van der Waals surface area (Å²) in [5.41, 5.74) is 4.06. The van der Waals surface area contributed by atoms with Crippen molar-refractivity contribution in [3.8, 4) is 11.3 Å². The SMILES string of the molecule is Cc1ccccc1C(=O)N(CC(=O)N1CCCN(c2ccc(-c3ccccc3Cl)nn2)CC1)C(C)c1ccccc1. The molecular weight excluding hydrogens is 534 g/mol. The van der Waals surface area contributed by atoms with Gasteiger partial charge in [0, 0.05) is 37.3 Å². The first-order valence-electron chi connectivity index (χ1n) is 14.0. The molecule has 0 radical (unpaired) electrons. The van der Waals surface area contributed by atoms with Gasteiger partial charge in [-0.3, -0.25) is 9.59 Å². The number of carbonyl (C=O) groups excluding carboxylic acids is 2. The summed E-state index contributed by atoms with van der Waals surface area (Å²) < 4.78 is 0. The molecule has 1 unspecified atom stereocenters. The fourth-order valence-electron chi connectivity index (χ4n) is 5.21. The van der Waals surface area contributed by atoms with Crippen LogP contribution in [-0.4, -0.2) is 64.5 Å². The van der Waals surface area contributed by atoms with E-state index in [0.29, 0.717) is 30.2 Å². The molecule has 2 heterocycles. The molecule has 3 aromatic carbocycles. The molecule has 0 spiro atoms. The second-order valence-electron chi connectivity index (χ2n) is 10.3. The van der Waals surface area contributed by atoms with Crippen LogP contribution in [0.5, 0.6) is 0 Å². The molecule has 0 N–H and O–H groups in total. The first kappa shape index (κ1) is 28.3. The molecule has 4 aromatic rings. The van der Waals surface area contributed by atoms with Gasteiger partial charge in [0.25, 0.3) is 5.91 Å². The van der Waals surface area contributed by atoms with E-state index in [1.165, 1.54) is 0 Å². The van der Waals surface area contributed by atoms with Gasteiger partial charge in [-0.1, -0.05) is 78.3 Å². The number of aryl methyl sites for hydroxylation is 1. The molecule has 2 amide bonds. The largest absolute Gasteiger partial charge is 0.353 e. The maximum Gasteiger partial charge on any atom is 0.255 e. The minimum atomic E-state index is -0.261. The van der Waals surface area contributed by atoms with Crippen LogP contribution in [0.3, 0.4) is 0 Å². The average molecular weight is 568 g/mol. The third-order valence-corrected chi connectivity index (χ3v) is 7.99. The van der Waals surface area contributed by atoms with Crippen LogP contribution in [0.1, 0.15) is 40.9 Å². The van der Waals surface area contributed by atoms with E-state index in [0.717, 1.165) is 41.2 Å². The standard InChI is InChI=1S/C33H34ClN5O2/c1-24-11-6-7-14-27(24)33(41)39(25(2)26-12-4-3-5-13-26)23-32(40)38-20-10-19-37(21-22-38)31-18-17-30(35-36-31)28-15-8-9-16-29(28)34/h3-9,11-18,25H,10,19-23H2,1-2H3. The van der Waals surface area contributed by atoms with Crippen molar-refractivity contribution >= 4 is 29.2 Å². The monoisotopic (exact) mass is 567 g/mol. The Balaban J connectivity index is 1.28. The van der Waals surface area contributed by atoms with Crippen molar-refractivity contribution in [3.05, 3.63) is 113 Å². The van der Waals surface area contributed by atoms with Crippen LogP contribution >= 0.6 is 11.6 Å². The molecule has 5 rings (SSSR count). The number of anilines is 1. The van der Waals surface area contributed by atoms with Crippen molar-refractivity contribution in [2.75, 3.05) is 37.6 Å². The topological polar surface area (TPSA) is 69.6 Å². The summed E-state index contributed by atoms with van der Waals surface area (Å²) in [5, 5.41) is 9.51. The summed E-state index contributed by atoms with van der Waals surface area (Å²) in [5.74, 6) is 0.569. The van der Waals surface area contributed by atoms with Gasteiger partial charge in [-0.2, -0.15) is 0 Å². The molecule has 8 heteroatoms. The first-order chi connectivity index (χ1) is 19.9. The molecule has 1 fully saturated rings. The zero-order valence-electron chi connectivity index (χ0n) is 23.4. The Hall–Kier alpha value is -4.23. The van der Waals surface area contributed by atoms with Gasteiger partial charge in [-0.05, 0) is 55.7 Å². The van der Waals surface area contributed by atoms with Gasteiger partial charge in [-0.25, -0.2) is 0 Å². The summed E-state index contributed by atoms with van der Waals surface area (Å²) in [6.45, 7) is 6.46. The Morgan fingerprint density at radius 2 is 1.59 bits per heavy atom. The number of hydrogen-bond acceptors (Lipinski definition) is 5. The highest BCUT2D eigenvalue weighted by Crippen LogP contribution is 2.27. The third-order valence-electron chi connectivity index (χ3n) is 7.66. The lowest BCUT2D eigenvalue weighted by molar-refractivity contribution is -0.132. The van der Waals surface area contributed by atoms with Crippen LogP contribution in [0.4, 0.5) is 5.82 Å². The molecule has 1 aliphatic heterocycles. The van der Waals surface area contributed by atoms with Gasteiger partial charge in [-0.15, -0.1) is 10.2 Å². The Bertz CT molecular complexity index is 1500. The van der Waals surface area contributed by atoms with Gasteiger partial charge >= 0.3 is 0 Å². The van der Waals surface area contributed by atoms with E-state index in [1.54, 1.807) is 4.90 Å². The van der Waals surface area contributed by atoms with Crippen LogP contribution in [-0.2, 0) is 4.79 Å². The van der Waals surface area contributed by atoms with Crippen LogP contribution in [0.2, 0.25) is 5.02 Å². The van der Waals surface area contributed by atoms with Gasteiger partial charge in [0.15, 0.2) is 5.82 Å². The number of hydrogen-bond donors (Lipinski definition) is 0. The number of nitrogens with zero attached hydrogens (tertiary/aromatic N) is 5. The summed E-state index contributed by atoms with van der Waals surface area (Å²) >= 11 is 6.33.